The topological polar surface area (TPSA) is 76.6 Å². The van der Waals surface area contributed by atoms with Crippen LogP contribution in [0.4, 0.5) is 5.69 Å². The highest BCUT2D eigenvalue weighted by Crippen LogP contribution is 2.39. The average Bonchev–Trinajstić information content (AvgIpc) is 3.20. The fourth-order valence-corrected chi connectivity index (χ4v) is 3.83. The van der Waals surface area contributed by atoms with Gasteiger partial charge in [-0.05, 0) is 18.2 Å². The molecule has 0 bridgehead atoms. The second kappa shape index (κ2) is 6.88. The minimum atomic E-state index is -0.378. The Morgan fingerprint density at radius 3 is 2.67 bits per heavy atom. The molecule has 1 aliphatic rings. The van der Waals surface area contributed by atoms with Crippen LogP contribution in [0.5, 0.6) is 11.5 Å². The number of pyridine rings is 1. The number of carbonyl (C=O) groups is 1. The highest BCUT2D eigenvalue weighted by atomic mass is 32.1. The lowest BCUT2D eigenvalue weighted by atomic mass is 10.1. The molecule has 27 heavy (non-hydrogen) atoms. The molecule has 1 N–H and O–H groups in total. The summed E-state index contributed by atoms with van der Waals surface area (Å²) in [6.45, 7) is 0. The number of hydrogen-bond acceptors (Lipinski definition) is 7. The van der Waals surface area contributed by atoms with Gasteiger partial charge < -0.3 is 19.7 Å². The monoisotopic (exact) mass is 382 g/mol. The molecule has 138 valence electrons. The van der Waals surface area contributed by atoms with Gasteiger partial charge >= 0.3 is 0 Å². The maximum absolute atomic E-state index is 12.9. The number of rotatable bonds is 4. The molecule has 4 rings (SSSR count). The molecule has 1 aliphatic heterocycles. The number of ether oxygens (including phenoxy) is 2. The summed E-state index contributed by atoms with van der Waals surface area (Å²) in [6, 6.07) is 9.17. The van der Waals surface area contributed by atoms with Gasteiger partial charge in [0, 0.05) is 24.7 Å². The molecule has 1 amide bonds. The number of nitrogens with zero attached hydrogens (tertiary/aromatic N) is 3. The molecule has 7 nitrogen and oxygen atoms in total. The van der Waals surface area contributed by atoms with Gasteiger partial charge in [0.15, 0.2) is 11.5 Å². The minimum Gasteiger partial charge on any atom is -0.493 e. The zero-order valence-corrected chi connectivity index (χ0v) is 15.9. The number of aromatic nitrogens is 2. The van der Waals surface area contributed by atoms with E-state index in [0.29, 0.717) is 22.7 Å². The molecule has 0 saturated carbocycles. The van der Waals surface area contributed by atoms with Crippen molar-refractivity contribution < 1.29 is 14.3 Å². The molecule has 0 radical (unpaired) electrons. The van der Waals surface area contributed by atoms with Crippen molar-refractivity contribution in [2.45, 2.75) is 6.17 Å². The van der Waals surface area contributed by atoms with Crippen LogP contribution in [0.15, 0.2) is 41.9 Å². The van der Waals surface area contributed by atoms with Gasteiger partial charge in [-0.3, -0.25) is 9.78 Å². The van der Waals surface area contributed by atoms with E-state index in [-0.39, 0.29) is 12.1 Å². The lowest BCUT2D eigenvalue weighted by Crippen LogP contribution is -2.40. The first-order chi connectivity index (χ1) is 13.1. The van der Waals surface area contributed by atoms with Crippen LogP contribution in [0.3, 0.4) is 0 Å². The normalized spacial score (nSPS) is 15.9. The molecule has 8 heteroatoms. The fourth-order valence-electron chi connectivity index (χ4n) is 3.02. The van der Waals surface area contributed by atoms with Crippen LogP contribution >= 0.6 is 11.3 Å². The molecule has 1 aromatic carbocycles. The number of thiazole rings is 1. The van der Waals surface area contributed by atoms with Gasteiger partial charge in [0.1, 0.15) is 11.2 Å². The highest BCUT2D eigenvalue weighted by Gasteiger charge is 2.33. The minimum absolute atomic E-state index is 0.109. The molecular formula is C19H18N4O3S. The third kappa shape index (κ3) is 2.97. The molecule has 2 aromatic heterocycles. The van der Waals surface area contributed by atoms with Gasteiger partial charge in [-0.15, -0.1) is 11.3 Å². The maximum Gasteiger partial charge on any atom is 0.257 e. The molecule has 3 aromatic rings. The summed E-state index contributed by atoms with van der Waals surface area (Å²) in [5, 5.41) is 6.13. The van der Waals surface area contributed by atoms with E-state index < -0.39 is 0 Å². The first-order valence-electron chi connectivity index (χ1n) is 8.29. The Bertz CT molecular complexity index is 990. The Morgan fingerprint density at radius 2 is 1.96 bits per heavy atom. The van der Waals surface area contributed by atoms with Crippen LogP contribution < -0.4 is 14.8 Å². The van der Waals surface area contributed by atoms with Crippen LogP contribution in [0.25, 0.3) is 10.7 Å². The van der Waals surface area contributed by atoms with E-state index in [0.717, 1.165) is 16.4 Å². The summed E-state index contributed by atoms with van der Waals surface area (Å²) in [5.41, 5.74) is 2.79. The molecule has 3 heterocycles. The van der Waals surface area contributed by atoms with Crippen molar-refractivity contribution in [3.8, 4) is 22.2 Å². The molecule has 0 saturated heterocycles. The van der Waals surface area contributed by atoms with Crippen molar-refractivity contribution in [1.29, 1.82) is 0 Å². The van der Waals surface area contributed by atoms with Gasteiger partial charge in [0.25, 0.3) is 5.91 Å². The zero-order chi connectivity index (χ0) is 19.0. The van der Waals surface area contributed by atoms with E-state index in [9.17, 15) is 4.79 Å². The van der Waals surface area contributed by atoms with Crippen LogP contribution in [0.2, 0.25) is 0 Å². The number of carbonyl (C=O) groups excluding carboxylic acids is 1. The van der Waals surface area contributed by atoms with Gasteiger partial charge in [0.2, 0.25) is 0 Å². The lowest BCUT2D eigenvalue weighted by Gasteiger charge is -2.34. The second-order valence-electron chi connectivity index (χ2n) is 6.01. The van der Waals surface area contributed by atoms with E-state index in [1.807, 2.05) is 23.6 Å². The highest BCUT2D eigenvalue weighted by molar-refractivity contribution is 7.13. The van der Waals surface area contributed by atoms with Gasteiger partial charge in [-0.1, -0.05) is 6.07 Å². The third-order valence-electron chi connectivity index (χ3n) is 4.44. The largest absolute Gasteiger partial charge is 0.493 e. The zero-order valence-electron chi connectivity index (χ0n) is 15.1. The first-order valence-corrected chi connectivity index (χ1v) is 9.17. The number of benzene rings is 1. The number of anilines is 1. The van der Waals surface area contributed by atoms with Gasteiger partial charge in [-0.2, -0.15) is 0 Å². The lowest BCUT2D eigenvalue weighted by molar-refractivity contribution is 0.0732. The Kier molecular flexibility index (Phi) is 4.41. The van der Waals surface area contributed by atoms with Crippen molar-refractivity contribution in [2.75, 3.05) is 26.6 Å². The Balaban J connectivity index is 1.70. The van der Waals surface area contributed by atoms with Crippen molar-refractivity contribution in [2.24, 2.45) is 0 Å². The summed E-state index contributed by atoms with van der Waals surface area (Å²) in [5.74, 6) is 0.971. The van der Waals surface area contributed by atoms with Crippen molar-refractivity contribution in [3.05, 3.63) is 53.2 Å². The summed E-state index contributed by atoms with van der Waals surface area (Å²) in [6.07, 6.45) is 1.36. The van der Waals surface area contributed by atoms with E-state index in [1.165, 1.54) is 11.3 Å². The number of amides is 1. The predicted molar refractivity (Wildman–Crippen MR) is 103 cm³/mol. The third-order valence-corrected chi connectivity index (χ3v) is 5.32. The van der Waals surface area contributed by atoms with Gasteiger partial charge in [-0.25, -0.2) is 4.98 Å². The SMILES string of the molecule is COc1cc2c(cc1OC)C(=O)N(C)[C@@H](c1csc(-c3ccccn3)n1)N2. The number of fused-ring (bicyclic) bond motifs is 1. The quantitative estimate of drug-likeness (QED) is 0.745. The van der Waals surface area contributed by atoms with E-state index in [1.54, 1.807) is 44.5 Å². The molecule has 0 aliphatic carbocycles. The number of hydrogen-bond donors (Lipinski definition) is 1. The van der Waals surface area contributed by atoms with Crippen LogP contribution in [0.1, 0.15) is 22.2 Å². The average molecular weight is 382 g/mol. The number of nitrogens with one attached hydrogen (secondary N) is 1. The van der Waals surface area contributed by atoms with E-state index >= 15 is 0 Å². The fraction of sp³-hybridized carbons (Fsp3) is 0.211. The van der Waals surface area contributed by atoms with Crippen molar-refractivity contribution in [3.63, 3.8) is 0 Å². The maximum atomic E-state index is 12.9. The van der Waals surface area contributed by atoms with Crippen LogP contribution in [0, 0.1) is 0 Å². The summed E-state index contributed by atoms with van der Waals surface area (Å²) >= 11 is 1.50. The van der Waals surface area contributed by atoms with Crippen molar-refractivity contribution >= 4 is 22.9 Å². The standard InChI is InChI=1S/C19H18N4O3S/c1-23-17(14-10-27-18(22-14)12-6-4-5-7-20-12)21-13-9-16(26-3)15(25-2)8-11(13)19(23)24/h4-10,17,21H,1-3H3/t17-/m0/s1. The predicted octanol–water partition coefficient (Wildman–Crippen LogP) is 3.42. The molecule has 0 spiro atoms. The second-order valence-corrected chi connectivity index (χ2v) is 6.87. The first kappa shape index (κ1) is 17.3. The summed E-state index contributed by atoms with van der Waals surface area (Å²) < 4.78 is 10.7. The molecular weight excluding hydrogens is 364 g/mol. The Hall–Kier alpha value is -3.13. The molecule has 1 atom stereocenters. The molecule has 0 unspecified atom stereocenters. The number of methoxy groups -OCH3 is 2. The summed E-state index contributed by atoms with van der Waals surface area (Å²) in [4.78, 5) is 23.5. The smallest absolute Gasteiger partial charge is 0.257 e. The van der Waals surface area contributed by atoms with Crippen LogP contribution in [-0.4, -0.2) is 42.0 Å². The van der Waals surface area contributed by atoms with Gasteiger partial charge in [0.05, 0.1) is 36.9 Å². The summed E-state index contributed by atoms with van der Waals surface area (Å²) in [7, 11) is 4.86. The van der Waals surface area contributed by atoms with E-state index in [4.69, 9.17) is 9.47 Å². The van der Waals surface area contributed by atoms with Crippen LogP contribution in [-0.2, 0) is 0 Å². The Morgan fingerprint density at radius 1 is 1.19 bits per heavy atom. The molecule has 0 fully saturated rings. The van der Waals surface area contributed by atoms with E-state index in [2.05, 4.69) is 15.3 Å². The van der Waals surface area contributed by atoms with Crippen molar-refractivity contribution in [1.82, 2.24) is 14.9 Å². The Labute approximate surface area is 160 Å².